The minimum Gasteiger partial charge on any atom is -0.508 e. The molecule has 2 N–H and O–H groups in total. The second-order valence-corrected chi connectivity index (χ2v) is 7.56. The van der Waals surface area contributed by atoms with E-state index in [9.17, 15) is 24.2 Å². The molecule has 6 heteroatoms. The summed E-state index contributed by atoms with van der Waals surface area (Å²) >= 11 is 0. The molecule has 156 valence electrons. The van der Waals surface area contributed by atoms with Crippen LogP contribution in [0.15, 0.2) is 72.3 Å². The highest BCUT2D eigenvalue weighted by Crippen LogP contribution is 2.42. The van der Waals surface area contributed by atoms with E-state index >= 15 is 0 Å². The van der Waals surface area contributed by atoms with E-state index in [-0.39, 0.29) is 22.6 Å². The highest BCUT2D eigenvalue weighted by atomic mass is 19.1. The van der Waals surface area contributed by atoms with Crippen LogP contribution in [0.5, 0.6) is 5.75 Å². The number of phenols is 1. The van der Waals surface area contributed by atoms with Crippen molar-refractivity contribution in [2.45, 2.75) is 19.9 Å². The predicted octanol–water partition coefficient (Wildman–Crippen LogP) is 4.77. The number of hydrogen-bond donors (Lipinski definition) is 2. The van der Waals surface area contributed by atoms with Gasteiger partial charge in [-0.1, -0.05) is 24.3 Å². The number of hydrogen-bond acceptors (Lipinski definition) is 4. The number of carbonyl (C=O) groups is 2. The second-order valence-electron chi connectivity index (χ2n) is 7.56. The van der Waals surface area contributed by atoms with E-state index in [1.165, 1.54) is 35.2 Å². The number of aromatic hydroxyl groups is 1. The van der Waals surface area contributed by atoms with Crippen LogP contribution < -0.4 is 4.90 Å². The van der Waals surface area contributed by atoms with Crippen LogP contribution in [-0.4, -0.2) is 21.9 Å². The van der Waals surface area contributed by atoms with Gasteiger partial charge in [0.2, 0.25) is 0 Å². The van der Waals surface area contributed by atoms with Gasteiger partial charge in [-0.3, -0.25) is 14.5 Å². The largest absolute Gasteiger partial charge is 0.508 e. The summed E-state index contributed by atoms with van der Waals surface area (Å²) < 4.78 is 13.7. The summed E-state index contributed by atoms with van der Waals surface area (Å²) in [6, 6.07) is 16.3. The molecule has 1 amide bonds. The van der Waals surface area contributed by atoms with Crippen LogP contribution in [0.3, 0.4) is 0 Å². The maximum atomic E-state index is 13.7. The number of anilines is 1. The summed E-state index contributed by atoms with van der Waals surface area (Å²) in [5, 5.41) is 20.7. The second kappa shape index (κ2) is 7.72. The lowest BCUT2D eigenvalue weighted by Crippen LogP contribution is -2.29. The van der Waals surface area contributed by atoms with Gasteiger partial charge in [-0.05, 0) is 73.0 Å². The Morgan fingerprint density at radius 3 is 2.32 bits per heavy atom. The molecule has 0 spiro atoms. The van der Waals surface area contributed by atoms with Crippen LogP contribution in [0.2, 0.25) is 0 Å². The minimum absolute atomic E-state index is 0.0328. The summed E-state index contributed by atoms with van der Waals surface area (Å²) in [5.41, 5.74) is 2.40. The minimum atomic E-state index is -0.909. The van der Waals surface area contributed by atoms with Crippen molar-refractivity contribution in [2.24, 2.45) is 0 Å². The summed E-state index contributed by atoms with van der Waals surface area (Å²) in [6.07, 6.45) is 0. The van der Waals surface area contributed by atoms with Gasteiger partial charge in [-0.2, -0.15) is 0 Å². The van der Waals surface area contributed by atoms with Gasteiger partial charge in [0.15, 0.2) is 0 Å². The Morgan fingerprint density at radius 1 is 0.968 bits per heavy atom. The molecule has 3 aromatic carbocycles. The van der Waals surface area contributed by atoms with Crippen LogP contribution in [0.4, 0.5) is 10.1 Å². The Hall–Kier alpha value is -3.93. The van der Waals surface area contributed by atoms with Gasteiger partial charge in [-0.25, -0.2) is 4.39 Å². The van der Waals surface area contributed by atoms with Crippen LogP contribution >= 0.6 is 0 Å². The Bertz CT molecular complexity index is 1230. The zero-order valence-electron chi connectivity index (χ0n) is 17.0. The number of carbonyl (C=O) groups excluding carboxylic acids is 2. The number of halogens is 1. The molecule has 1 heterocycles. The summed E-state index contributed by atoms with van der Waals surface area (Å²) in [4.78, 5) is 27.5. The van der Waals surface area contributed by atoms with Gasteiger partial charge in [0.1, 0.15) is 17.3 Å². The number of nitrogens with zero attached hydrogens (tertiary/aromatic N) is 1. The van der Waals surface area contributed by atoms with E-state index in [0.29, 0.717) is 16.8 Å². The number of benzene rings is 3. The van der Waals surface area contributed by atoms with Crippen LogP contribution in [-0.2, 0) is 9.59 Å². The molecule has 31 heavy (non-hydrogen) atoms. The van der Waals surface area contributed by atoms with Gasteiger partial charge in [0.05, 0.1) is 11.6 Å². The fourth-order valence-corrected chi connectivity index (χ4v) is 3.80. The monoisotopic (exact) mass is 417 g/mol. The Labute approximate surface area is 178 Å². The van der Waals surface area contributed by atoms with Crippen LogP contribution in [0, 0.1) is 19.7 Å². The number of aliphatic hydroxyl groups excluding tert-OH is 1. The average molecular weight is 417 g/mol. The Kier molecular flexibility index (Phi) is 5.07. The first-order valence-electron chi connectivity index (χ1n) is 9.71. The lowest BCUT2D eigenvalue weighted by Gasteiger charge is -2.25. The van der Waals surface area contributed by atoms with Crippen LogP contribution in [0.25, 0.3) is 5.76 Å². The van der Waals surface area contributed by atoms with Gasteiger partial charge in [-0.15, -0.1) is 0 Å². The molecule has 0 aliphatic carbocycles. The smallest absolute Gasteiger partial charge is 0.300 e. The maximum Gasteiger partial charge on any atom is 0.300 e. The SMILES string of the molecule is Cc1cccc(N2C(=O)C(=O)/C(=C(\O)c3ccc(F)c(C)c3)C2c2ccc(O)cc2)c1. The lowest BCUT2D eigenvalue weighted by molar-refractivity contribution is -0.132. The molecule has 4 rings (SSSR count). The molecule has 1 unspecified atom stereocenters. The fraction of sp³-hybridized carbons (Fsp3) is 0.120. The van der Waals surface area contributed by atoms with Crippen molar-refractivity contribution in [2.75, 3.05) is 4.90 Å². The third-order valence-corrected chi connectivity index (χ3v) is 5.36. The van der Waals surface area contributed by atoms with Gasteiger partial charge < -0.3 is 10.2 Å². The van der Waals surface area contributed by atoms with Crippen molar-refractivity contribution in [3.05, 3.63) is 100 Å². The predicted molar refractivity (Wildman–Crippen MR) is 115 cm³/mol. The fourth-order valence-electron chi connectivity index (χ4n) is 3.80. The van der Waals surface area contributed by atoms with E-state index in [0.717, 1.165) is 5.56 Å². The summed E-state index contributed by atoms with van der Waals surface area (Å²) in [6.45, 7) is 3.42. The van der Waals surface area contributed by atoms with E-state index in [1.54, 1.807) is 37.3 Å². The lowest BCUT2D eigenvalue weighted by atomic mass is 9.94. The number of aliphatic hydroxyl groups is 1. The normalized spacial score (nSPS) is 17.9. The average Bonchev–Trinajstić information content (AvgIpc) is 3.01. The molecule has 3 aromatic rings. The first-order chi connectivity index (χ1) is 14.8. The molecule has 0 saturated carbocycles. The van der Waals surface area contributed by atoms with E-state index in [1.807, 2.05) is 13.0 Å². The van der Waals surface area contributed by atoms with Crippen LogP contribution in [0.1, 0.15) is 28.3 Å². The van der Waals surface area contributed by atoms with Crippen molar-refractivity contribution >= 4 is 23.1 Å². The van der Waals surface area contributed by atoms with Gasteiger partial charge in [0, 0.05) is 11.3 Å². The van der Waals surface area contributed by atoms with E-state index in [4.69, 9.17) is 0 Å². The summed E-state index contributed by atoms with van der Waals surface area (Å²) in [7, 11) is 0. The molecule has 0 bridgehead atoms. The highest BCUT2D eigenvalue weighted by Gasteiger charge is 2.47. The molecule has 5 nitrogen and oxygen atoms in total. The summed E-state index contributed by atoms with van der Waals surface area (Å²) in [5.74, 6) is -2.39. The zero-order valence-corrected chi connectivity index (χ0v) is 17.0. The number of rotatable bonds is 3. The first-order valence-corrected chi connectivity index (χ1v) is 9.71. The number of ketones is 1. The zero-order chi connectivity index (χ0) is 22.3. The quantitative estimate of drug-likeness (QED) is 0.365. The Balaban J connectivity index is 1.96. The molecule has 1 fully saturated rings. The maximum absolute atomic E-state index is 13.7. The molecule has 1 saturated heterocycles. The van der Waals surface area contributed by atoms with Crippen molar-refractivity contribution in [1.82, 2.24) is 0 Å². The number of amides is 1. The third-order valence-electron chi connectivity index (χ3n) is 5.36. The molecular weight excluding hydrogens is 397 g/mol. The topological polar surface area (TPSA) is 77.8 Å². The third kappa shape index (κ3) is 3.57. The standard InChI is InChI=1S/C25H20FNO4/c1-14-4-3-5-18(12-14)27-22(16-6-9-19(28)10-7-16)21(24(30)25(27)31)23(29)17-8-11-20(26)15(2)13-17/h3-13,22,28-29H,1-2H3/b23-21-. The number of phenolic OH excluding ortho intramolecular Hbond substituents is 1. The van der Waals surface area contributed by atoms with Gasteiger partial charge in [0.25, 0.3) is 11.7 Å². The van der Waals surface area contributed by atoms with E-state index < -0.39 is 23.5 Å². The molecule has 1 atom stereocenters. The van der Waals surface area contributed by atoms with Gasteiger partial charge >= 0.3 is 0 Å². The highest BCUT2D eigenvalue weighted by molar-refractivity contribution is 6.51. The first kappa shape index (κ1) is 20.3. The molecule has 1 aliphatic heterocycles. The number of Topliss-reactive ketones (excluding diaryl/α,β-unsaturated/α-hetero) is 1. The van der Waals surface area contributed by atoms with Crippen molar-refractivity contribution < 1.29 is 24.2 Å². The molecule has 1 aliphatic rings. The van der Waals surface area contributed by atoms with Crippen molar-refractivity contribution in [3.8, 4) is 5.75 Å². The van der Waals surface area contributed by atoms with Crippen molar-refractivity contribution in [3.63, 3.8) is 0 Å². The Morgan fingerprint density at radius 2 is 1.68 bits per heavy atom. The van der Waals surface area contributed by atoms with E-state index in [2.05, 4.69) is 0 Å². The molecule has 0 aromatic heterocycles. The van der Waals surface area contributed by atoms with Crippen molar-refractivity contribution in [1.29, 1.82) is 0 Å². The number of aryl methyl sites for hydroxylation is 2. The molecule has 0 radical (unpaired) electrons. The molecular formula is C25H20FNO4.